The van der Waals surface area contributed by atoms with Crippen molar-refractivity contribution in [2.24, 2.45) is 0 Å². The summed E-state index contributed by atoms with van der Waals surface area (Å²) in [6.45, 7) is 2.00. The smallest absolute Gasteiger partial charge is 0.139 e. The predicted octanol–water partition coefficient (Wildman–Crippen LogP) is 6.02. The maximum absolute atomic E-state index is 13.6. The Bertz CT molecular complexity index is 666. The van der Waals surface area contributed by atoms with Crippen molar-refractivity contribution in [3.8, 4) is 0 Å². The van der Waals surface area contributed by atoms with Gasteiger partial charge in [0.25, 0.3) is 0 Å². The highest BCUT2D eigenvalue weighted by molar-refractivity contribution is 9.10. The zero-order valence-corrected chi connectivity index (χ0v) is 14.8. The molecule has 21 heavy (non-hydrogen) atoms. The molecule has 0 unspecified atom stereocenters. The third-order valence-corrected chi connectivity index (χ3v) is 5.44. The van der Waals surface area contributed by atoms with Crippen molar-refractivity contribution in [3.63, 3.8) is 0 Å². The molecule has 4 heteroatoms. The molecule has 0 aromatic heterocycles. The van der Waals surface area contributed by atoms with Gasteiger partial charge in [0, 0.05) is 16.2 Å². The number of aryl methyl sites for hydroxylation is 1. The first-order chi connectivity index (χ1) is 10.0. The van der Waals surface area contributed by atoms with Gasteiger partial charge in [-0.2, -0.15) is 0 Å². The van der Waals surface area contributed by atoms with Crippen LogP contribution in [0.2, 0.25) is 0 Å². The van der Waals surface area contributed by atoms with Crippen molar-refractivity contribution in [2.75, 3.05) is 5.32 Å². The molecular formula is C17H16Br2FN. The molecule has 2 aromatic carbocycles. The van der Waals surface area contributed by atoms with Crippen LogP contribution in [0.1, 0.15) is 29.9 Å². The van der Waals surface area contributed by atoms with Crippen LogP contribution in [0.4, 0.5) is 10.1 Å². The Morgan fingerprint density at radius 2 is 1.81 bits per heavy atom. The standard InChI is InChI=1S/C17H16Br2FN/c1-10-6-15(19)16(20)9-17(10)21-12-7-11(8-12)13-4-2-3-5-14(13)18/h2-6,9,11-12,21H,7-8H2,1H3. The van der Waals surface area contributed by atoms with E-state index >= 15 is 0 Å². The molecule has 0 aliphatic heterocycles. The van der Waals surface area contributed by atoms with Crippen LogP contribution in [0.3, 0.4) is 0 Å². The third kappa shape index (κ3) is 3.16. The normalized spacial score (nSPS) is 21.0. The van der Waals surface area contributed by atoms with Crippen molar-refractivity contribution in [1.29, 1.82) is 0 Å². The van der Waals surface area contributed by atoms with Gasteiger partial charge in [0.05, 0.1) is 4.47 Å². The van der Waals surface area contributed by atoms with E-state index in [2.05, 4.69) is 55.4 Å². The third-order valence-electron chi connectivity index (χ3n) is 4.11. The topological polar surface area (TPSA) is 12.0 Å². The van der Waals surface area contributed by atoms with Crippen LogP contribution in [-0.4, -0.2) is 6.04 Å². The van der Waals surface area contributed by atoms with Crippen LogP contribution in [0.5, 0.6) is 0 Å². The molecule has 3 rings (SSSR count). The summed E-state index contributed by atoms with van der Waals surface area (Å²) >= 11 is 6.83. The maximum atomic E-state index is 13.6. The number of hydrogen-bond acceptors (Lipinski definition) is 1. The fraction of sp³-hybridized carbons (Fsp3) is 0.294. The van der Waals surface area contributed by atoms with Crippen LogP contribution >= 0.6 is 31.9 Å². The average molecular weight is 413 g/mol. The molecule has 2 aromatic rings. The first-order valence-electron chi connectivity index (χ1n) is 7.01. The Balaban J connectivity index is 1.65. The molecule has 1 fully saturated rings. The number of hydrogen-bond donors (Lipinski definition) is 1. The van der Waals surface area contributed by atoms with Crippen molar-refractivity contribution >= 4 is 37.5 Å². The van der Waals surface area contributed by atoms with E-state index in [0.717, 1.165) is 24.1 Å². The van der Waals surface area contributed by atoms with E-state index in [4.69, 9.17) is 0 Å². The molecule has 1 N–H and O–H groups in total. The molecule has 1 saturated carbocycles. The lowest BCUT2D eigenvalue weighted by molar-refractivity contribution is 0.373. The predicted molar refractivity (Wildman–Crippen MR) is 92.4 cm³/mol. The molecule has 0 radical (unpaired) electrons. The first-order valence-corrected chi connectivity index (χ1v) is 8.60. The molecule has 110 valence electrons. The number of halogens is 3. The molecule has 1 aliphatic carbocycles. The SMILES string of the molecule is Cc1cc(Br)c(F)cc1NC1CC(c2ccccc2Br)C1. The average Bonchev–Trinajstić information content (AvgIpc) is 2.40. The zero-order valence-electron chi connectivity index (χ0n) is 11.7. The van der Waals surface area contributed by atoms with Gasteiger partial charge < -0.3 is 5.32 Å². The number of benzene rings is 2. The second kappa shape index (κ2) is 6.09. The summed E-state index contributed by atoms with van der Waals surface area (Å²) in [7, 11) is 0. The lowest BCUT2D eigenvalue weighted by Gasteiger charge is -2.37. The lowest BCUT2D eigenvalue weighted by Crippen LogP contribution is -2.34. The minimum absolute atomic E-state index is 0.218. The molecule has 0 bridgehead atoms. The summed E-state index contributed by atoms with van der Waals surface area (Å²) in [5, 5.41) is 3.46. The van der Waals surface area contributed by atoms with Crippen molar-refractivity contribution in [1.82, 2.24) is 0 Å². The van der Waals surface area contributed by atoms with Crippen LogP contribution in [0.25, 0.3) is 0 Å². The molecule has 0 atom stereocenters. The molecule has 0 heterocycles. The number of anilines is 1. The van der Waals surface area contributed by atoms with Crippen molar-refractivity contribution < 1.29 is 4.39 Å². The van der Waals surface area contributed by atoms with Crippen molar-refractivity contribution in [2.45, 2.75) is 31.7 Å². The summed E-state index contributed by atoms with van der Waals surface area (Å²) in [5.41, 5.74) is 3.33. The van der Waals surface area contributed by atoms with Crippen LogP contribution < -0.4 is 5.32 Å². The summed E-state index contributed by atoms with van der Waals surface area (Å²) < 4.78 is 15.3. The zero-order chi connectivity index (χ0) is 15.0. The highest BCUT2D eigenvalue weighted by Crippen LogP contribution is 2.41. The van der Waals surface area contributed by atoms with Crippen LogP contribution in [0, 0.1) is 12.7 Å². The van der Waals surface area contributed by atoms with Crippen molar-refractivity contribution in [3.05, 3.63) is 62.3 Å². The minimum Gasteiger partial charge on any atom is -0.382 e. The largest absolute Gasteiger partial charge is 0.382 e. The van der Waals surface area contributed by atoms with E-state index in [0.29, 0.717) is 16.4 Å². The van der Waals surface area contributed by atoms with E-state index in [1.54, 1.807) is 6.07 Å². The van der Waals surface area contributed by atoms with Gasteiger partial charge in [-0.3, -0.25) is 0 Å². The quantitative estimate of drug-likeness (QED) is 0.650. The number of rotatable bonds is 3. The van der Waals surface area contributed by atoms with Gasteiger partial charge in [0.2, 0.25) is 0 Å². The monoisotopic (exact) mass is 411 g/mol. The van der Waals surface area contributed by atoms with E-state index in [1.807, 2.05) is 19.1 Å². The van der Waals surface area contributed by atoms with E-state index in [9.17, 15) is 4.39 Å². The van der Waals surface area contributed by atoms with Gasteiger partial charge in [-0.25, -0.2) is 4.39 Å². The van der Waals surface area contributed by atoms with E-state index in [-0.39, 0.29) is 5.82 Å². The van der Waals surface area contributed by atoms with Crippen LogP contribution in [0.15, 0.2) is 45.3 Å². The van der Waals surface area contributed by atoms with Crippen LogP contribution in [-0.2, 0) is 0 Å². The summed E-state index contributed by atoms with van der Waals surface area (Å²) in [4.78, 5) is 0. The second-order valence-corrected chi connectivity index (χ2v) is 7.32. The fourth-order valence-electron chi connectivity index (χ4n) is 2.82. The highest BCUT2D eigenvalue weighted by Gasteiger charge is 2.31. The summed E-state index contributed by atoms with van der Waals surface area (Å²) in [6, 6.07) is 12.2. The Morgan fingerprint density at radius 1 is 1.10 bits per heavy atom. The summed E-state index contributed by atoms with van der Waals surface area (Å²) in [6.07, 6.45) is 2.17. The van der Waals surface area contributed by atoms with Gasteiger partial charge >= 0.3 is 0 Å². The number of nitrogens with one attached hydrogen (secondary N) is 1. The lowest BCUT2D eigenvalue weighted by atomic mass is 9.76. The Hall–Kier alpha value is -0.870. The Kier molecular flexibility index (Phi) is 4.36. The molecule has 0 spiro atoms. The molecular weight excluding hydrogens is 397 g/mol. The minimum atomic E-state index is -0.218. The Morgan fingerprint density at radius 3 is 2.52 bits per heavy atom. The van der Waals surface area contributed by atoms with Gasteiger partial charge in [-0.15, -0.1) is 0 Å². The Labute approximate surface area is 141 Å². The van der Waals surface area contributed by atoms with Gasteiger partial charge in [-0.05, 0) is 70.9 Å². The molecule has 0 amide bonds. The summed E-state index contributed by atoms with van der Waals surface area (Å²) in [5.74, 6) is 0.364. The van der Waals surface area contributed by atoms with Gasteiger partial charge in [0.15, 0.2) is 0 Å². The second-order valence-electron chi connectivity index (χ2n) is 5.61. The maximum Gasteiger partial charge on any atom is 0.139 e. The molecule has 1 aliphatic rings. The first kappa shape index (κ1) is 15.0. The van der Waals surface area contributed by atoms with Gasteiger partial charge in [-0.1, -0.05) is 34.1 Å². The van der Waals surface area contributed by atoms with E-state index < -0.39 is 0 Å². The van der Waals surface area contributed by atoms with Gasteiger partial charge in [0.1, 0.15) is 5.82 Å². The highest BCUT2D eigenvalue weighted by atomic mass is 79.9. The van der Waals surface area contributed by atoms with E-state index in [1.165, 1.54) is 10.0 Å². The fourth-order valence-corrected chi connectivity index (χ4v) is 3.88. The molecule has 0 saturated heterocycles. The molecule has 1 nitrogen and oxygen atoms in total.